The Bertz CT molecular complexity index is 4040. The van der Waals surface area contributed by atoms with Crippen LogP contribution in [0.15, 0.2) is 156 Å². The summed E-state index contributed by atoms with van der Waals surface area (Å²) in [4.78, 5) is 2.42. The molecule has 0 amide bonds. The van der Waals surface area contributed by atoms with Crippen molar-refractivity contribution in [2.24, 2.45) is 0 Å². The second kappa shape index (κ2) is 17.2. The monoisotopic (exact) mass is 1010 g/mol. The van der Waals surface area contributed by atoms with E-state index in [2.05, 4.69) is 278 Å². The number of thiophene rings is 1. The summed E-state index contributed by atoms with van der Waals surface area (Å²) in [6.45, 7) is 34.4. The number of furan rings is 1. The first-order valence-corrected chi connectivity index (χ1v) is 28.1. The molecular weight excluding hydrogens is 942 g/mol. The van der Waals surface area contributed by atoms with E-state index < -0.39 is 0 Å². The number of para-hydroxylation sites is 1. The number of hydrogen-bond acceptors (Lipinski definition) is 4. The molecular formula is C70H71BN3OS. The van der Waals surface area contributed by atoms with Crippen LogP contribution in [0.5, 0.6) is 0 Å². The fourth-order valence-electron chi connectivity index (χ4n) is 11.5. The van der Waals surface area contributed by atoms with Crippen molar-refractivity contribution in [1.82, 2.24) is 4.57 Å². The largest absolute Gasteiger partial charge is 0.455 e. The maximum atomic E-state index is 7.31. The highest BCUT2D eigenvalue weighted by Gasteiger charge is 2.35. The fraction of sp³-hybridized carbons (Fsp3) is 0.286. The third kappa shape index (κ3) is 8.34. The van der Waals surface area contributed by atoms with Gasteiger partial charge in [-0.25, -0.2) is 0 Å². The zero-order chi connectivity index (χ0) is 53.6. The van der Waals surface area contributed by atoms with Gasteiger partial charge in [0.05, 0.1) is 22.1 Å². The van der Waals surface area contributed by atoms with Gasteiger partial charge >= 0.3 is 0 Å². The highest BCUT2D eigenvalue weighted by Crippen LogP contribution is 2.50. The summed E-state index contributed by atoms with van der Waals surface area (Å²) < 4.78 is 12.5. The average Bonchev–Trinajstić information content (AvgIpc) is 4.10. The lowest BCUT2D eigenvalue weighted by Gasteiger charge is -2.29. The van der Waals surface area contributed by atoms with E-state index in [-0.39, 0.29) is 27.1 Å². The first-order valence-electron chi connectivity index (χ1n) is 27.2. The Labute approximate surface area is 455 Å². The lowest BCUT2D eigenvalue weighted by Crippen LogP contribution is -2.35. The minimum absolute atomic E-state index is 0.00738. The number of nitrogens with one attached hydrogen (secondary N) is 1. The highest BCUT2D eigenvalue weighted by atomic mass is 32.1. The normalized spacial score (nSPS) is 13.3. The van der Waals surface area contributed by atoms with Crippen LogP contribution in [-0.2, 0) is 27.1 Å². The fourth-order valence-corrected chi connectivity index (χ4v) is 12.6. The molecule has 1 aliphatic rings. The van der Waals surface area contributed by atoms with Crippen molar-refractivity contribution in [3.63, 3.8) is 0 Å². The predicted octanol–water partition coefficient (Wildman–Crippen LogP) is 19.2. The molecule has 381 valence electrons. The summed E-state index contributed by atoms with van der Waals surface area (Å²) in [5.74, 6) is 0. The van der Waals surface area contributed by atoms with Crippen LogP contribution in [0.4, 0.5) is 28.4 Å². The van der Waals surface area contributed by atoms with E-state index in [1.165, 1.54) is 70.2 Å². The van der Waals surface area contributed by atoms with Crippen LogP contribution in [0, 0.1) is 0 Å². The Hall–Kier alpha value is -7.02. The van der Waals surface area contributed by atoms with Gasteiger partial charge < -0.3 is 19.2 Å². The summed E-state index contributed by atoms with van der Waals surface area (Å²) in [6.07, 6.45) is 0. The van der Waals surface area contributed by atoms with Crippen molar-refractivity contribution < 1.29 is 4.42 Å². The van der Waals surface area contributed by atoms with E-state index in [9.17, 15) is 0 Å². The smallest absolute Gasteiger partial charge is 0.211 e. The topological polar surface area (TPSA) is 33.3 Å². The van der Waals surface area contributed by atoms with Gasteiger partial charge in [0.15, 0.2) is 0 Å². The standard InChI is InChI=1S/C70H71BN3OS/c1-66(2,3)41-20-28-46(29-21-41)72-54-40-49(73(47-30-22-42(23-31-47)67(4,5)6)48-32-24-43(25-33-48)68(7,8)9)34-35-50(54)58-59-51-18-16-17-19-56(51)75-64(59)60-52-38-44(69(10,11)12)26-36-55(52)74-62-53-39-45(70(13,14)15)27-37-57(53)76-65(62)71-61(58)63(60)74/h16-40,72H,1-15H3. The number of fused-ring (bicyclic) bond motifs is 11. The van der Waals surface area contributed by atoms with Gasteiger partial charge in [0.2, 0.25) is 7.28 Å². The summed E-state index contributed by atoms with van der Waals surface area (Å²) in [6, 6.07) is 57.4. The number of benzene rings is 8. The van der Waals surface area contributed by atoms with Crippen LogP contribution in [-0.4, -0.2) is 11.8 Å². The van der Waals surface area contributed by atoms with E-state index in [1.807, 2.05) is 11.3 Å². The minimum atomic E-state index is -0.0585. The number of hydrogen-bond donors (Lipinski definition) is 1. The van der Waals surface area contributed by atoms with Gasteiger partial charge in [-0.1, -0.05) is 177 Å². The molecule has 3 aromatic heterocycles. The molecule has 0 unspecified atom stereocenters. The minimum Gasteiger partial charge on any atom is -0.455 e. The van der Waals surface area contributed by atoms with E-state index in [0.717, 1.165) is 66.9 Å². The van der Waals surface area contributed by atoms with Crippen molar-refractivity contribution in [3.05, 3.63) is 179 Å². The van der Waals surface area contributed by atoms with Gasteiger partial charge in [-0.3, -0.25) is 0 Å². The molecule has 12 rings (SSSR count). The van der Waals surface area contributed by atoms with Crippen LogP contribution >= 0.6 is 11.3 Å². The quantitative estimate of drug-likeness (QED) is 0.169. The molecule has 4 heterocycles. The Kier molecular flexibility index (Phi) is 11.3. The maximum Gasteiger partial charge on any atom is 0.211 e. The van der Waals surface area contributed by atoms with Crippen LogP contribution in [0.25, 0.3) is 70.6 Å². The van der Waals surface area contributed by atoms with E-state index in [4.69, 9.17) is 4.42 Å². The Morgan fingerprint density at radius 3 is 1.58 bits per heavy atom. The lowest BCUT2D eigenvalue weighted by atomic mass is 9.62. The van der Waals surface area contributed by atoms with Crippen molar-refractivity contribution in [1.29, 1.82) is 0 Å². The van der Waals surface area contributed by atoms with E-state index in [0.29, 0.717) is 0 Å². The Balaban J connectivity index is 1.19. The van der Waals surface area contributed by atoms with Gasteiger partial charge in [0.25, 0.3) is 0 Å². The molecule has 1 aliphatic heterocycles. The van der Waals surface area contributed by atoms with Gasteiger partial charge in [-0.2, -0.15) is 0 Å². The molecule has 76 heavy (non-hydrogen) atoms. The predicted molar refractivity (Wildman–Crippen MR) is 332 cm³/mol. The van der Waals surface area contributed by atoms with Gasteiger partial charge in [-0.15, -0.1) is 11.3 Å². The number of rotatable bonds is 6. The van der Waals surface area contributed by atoms with E-state index >= 15 is 0 Å². The molecule has 0 bridgehead atoms. The molecule has 11 aromatic rings. The molecule has 0 aliphatic carbocycles. The summed E-state index contributed by atoms with van der Waals surface area (Å²) in [7, 11) is 2.51. The van der Waals surface area contributed by atoms with Crippen molar-refractivity contribution in [2.45, 2.75) is 131 Å². The maximum absolute atomic E-state index is 7.31. The number of nitrogens with zero attached hydrogens (tertiary/aromatic N) is 2. The molecule has 0 spiro atoms. The van der Waals surface area contributed by atoms with Crippen LogP contribution in [0.2, 0.25) is 0 Å². The third-order valence-electron chi connectivity index (χ3n) is 16.0. The second-order valence-corrected chi connectivity index (χ2v) is 27.7. The second-order valence-electron chi connectivity index (χ2n) is 26.7. The average molecular weight is 1010 g/mol. The first kappa shape index (κ1) is 49.8. The van der Waals surface area contributed by atoms with Crippen LogP contribution in [0.3, 0.4) is 0 Å². The SMILES string of the molecule is CC(C)(C)c1ccc(Nc2cc(N(c3ccc(C(C)(C)C)cc3)c3ccc(C(C)(C)C)cc3)ccc2-c2c3c4c(c5cc(C(C)(C)C)ccc5n4-c4c(sc5ccc(C(C)(C)C)cc45)[B]3)c3oc4ccccc4c23)cc1. The zero-order valence-electron chi connectivity index (χ0n) is 47.2. The van der Waals surface area contributed by atoms with Crippen molar-refractivity contribution in [3.8, 4) is 16.8 Å². The Morgan fingerprint density at radius 2 is 1.00 bits per heavy atom. The molecule has 0 atom stereocenters. The lowest BCUT2D eigenvalue weighted by molar-refractivity contribution is 0.590. The molecule has 4 nitrogen and oxygen atoms in total. The van der Waals surface area contributed by atoms with Gasteiger partial charge in [-0.05, 0) is 150 Å². The number of anilines is 5. The molecule has 0 fully saturated rings. The highest BCUT2D eigenvalue weighted by molar-refractivity contribution is 7.29. The molecule has 6 heteroatoms. The van der Waals surface area contributed by atoms with Crippen LogP contribution in [0.1, 0.15) is 132 Å². The molecule has 0 saturated carbocycles. The first-order chi connectivity index (χ1) is 35.8. The summed E-state index contributed by atoms with van der Waals surface area (Å²) in [5.41, 5.74) is 20.7. The van der Waals surface area contributed by atoms with Crippen molar-refractivity contribution >= 4 is 111 Å². The van der Waals surface area contributed by atoms with Gasteiger partial charge in [0, 0.05) is 60.2 Å². The molecule has 8 aromatic carbocycles. The summed E-state index contributed by atoms with van der Waals surface area (Å²) >= 11 is 1.90. The van der Waals surface area contributed by atoms with Crippen molar-refractivity contribution in [2.75, 3.05) is 10.2 Å². The third-order valence-corrected chi connectivity index (χ3v) is 17.1. The van der Waals surface area contributed by atoms with Gasteiger partial charge in [0.1, 0.15) is 11.2 Å². The summed E-state index contributed by atoms with van der Waals surface area (Å²) in [5, 5.41) is 9.97. The van der Waals surface area contributed by atoms with E-state index in [1.54, 1.807) is 0 Å². The number of aromatic nitrogens is 1. The zero-order valence-corrected chi connectivity index (χ0v) is 48.0. The molecule has 1 radical (unpaired) electrons. The van der Waals surface area contributed by atoms with Crippen LogP contribution < -0.4 is 20.5 Å². The molecule has 1 N–H and O–H groups in total. The molecule has 0 saturated heterocycles. The Morgan fingerprint density at radius 1 is 0.487 bits per heavy atom.